The molecule has 1 saturated heterocycles. The van der Waals surface area contributed by atoms with Crippen LogP contribution in [0, 0.1) is 5.41 Å². The molecule has 2 aromatic heterocycles. The second-order valence-electron chi connectivity index (χ2n) is 10.6. The van der Waals surface area contributed by atoms with Crippen molar-refractivity contribution >= 4 is 64.8 Å². The van der Waals surface area contributed by atoms with Gasteiger partial charge in [0.25, 0.3) is 0 Å². The number of carbonyl (C=O) groups is 2. The van der Waals surface area contributed by atoms with Crippen LogP contribution in [-0.4, -0.2) is 106 Å². The van der Waals surface area contributed by atoms with E-state index in [2.05, 4.69) is 42.1 Å². The number of aliphatic hydroxyl groups is 2. The standard InChI is InChI=1S/C21H35N6O16P3S/c1-21(2,16(30)18(31)25-6-4-12(28)23-7-8-47)9-39-45(35,36)43-46(37,38)42-20-15(41-44(32,33)34)14(29)19(40-20)27-10-26-13-11(22)3-5-24-17(13)27/h3,5,10,14-16,19-20,29-30,47H,4,6-9H2,1-2H3,(H2,22,24)(H,23,28)(H,25,31)(H,35,36)(H,37,38)(H2,32,33,34)/t14-,15?,16-,19+,20+/m0/s1. The normalized spacial score (nSPS) is 23.6. The predicted molar refractivity (Wildman–Crippen MR) is 161 cm³/mol. The predicted octanol–water partition coefficient (Wildman–Crippen LogP) is -1.10. The van der Waals surface area contributed by atoms with Gasteiger partial charge in [0, 0.05) is 36.9 Å². The highest BCUT2D eigenvalue weighted by Gasteiger charge is 2.53. The number of thiol groups is 1. The number of ether oxygens (including phenoxy) is 1. The van der Waals surface area contributed by atoms with Gasteiger partial charge in [0.15, 0.2) is 18.0 Å². The molecular weight excluding hydrogens is 717 g/mol. The SMILES string of the molecule is CC(C)(COP(=O)(O)OP(=O)(O)O[C@H]1O[C@@H](n2cnc3c(N)ccnc32)[C@@H](O)C1OP(=O)(O)O)[C@@H](O)C(=O)NCCC(=O)NCCS. The van der Waals surface area contributed by atoms with Gasteiger partial charge in [-0.15, -0.1) is 0 Å². The first-order valence-electron chi connectivity index (χ1n) is 13.3. The van der Waals surface area contributed by atoms with Gasteiger partial charge in [0.05, 0.1) is 18.6 Å². The summed E-state index contributed by atoms with van der Waals surface area (Å²) in [6.45, 7) is 1.74. The number of phosphoric acid groups is 3. The van der Waals surface area contributed by atoms with E-state index < -0.39 is 72.2 Å². The van der Waals surface area contributed by atoms with E-state index >= 15 is 0 Å². The summed E-state index contributed by atoms with van der Waals surface area (Å²) in [5, 5.41) is 26.1. The molecule has 3 heterocycles. The molecule has 10 N–H and O–H groups in total. The molecule has 26 heteroatoms. The third kappa shape index (κ3) is 11.0. The number of phosphoric ester groups is 3. The number of aromatic nitrogens is 3. The van der Waals surface area contributed by atoms with Crippen molar-refractivity contribution in [1.82, 2.24) is 25.2 Å². The number of rotatable bonds is 17. The molecule has 47 heavy (non-hydrogen) atoms. The number of nitrogens with two attached hydrogens (primary N) is 1. The summed E-state index contributed by atoms with van der Waals surface area (Å²) >= 11 is 3.95. The molecule has 2 amide bonds. The molecule has 2 aromatic rings. The first kappa shape index (κ1) is 39.4. The molecular formula is C21H35N6O16P3S. The largest absolute Gasteiger partial charge is 0.483 e. The number of aliphatic hydroxyl groups excluding tert-OH is 2. The molecule has 0 bridgehead atoms. The van der Waals surface area contributed by atoms with Crippen LogP contribution in [0.5, 0.6) is 0 Å². The maximum Gasteiger partial charge on any atom is 0.483 e. The van der Waals surface area contributed by atoms with Crippen molar-refractivity contribution in [2.24, 2.45) is 5.41 Å². The number of nitrogens with one attached hydrogen (secondary N) is 2. The lowest BCUT2D eigenvalue weighted by Gasteiger charge is -2.30. The molecule has 266 valence electrons. The van der Waals surface area contributed by atoms with Crippen LogP contribution in [0.1, 0.15) is 26.5 Å². The Labute approximate surface area is 271 Å². The molecule has 0 saturated carbocycles. The number of fused-ring (bicyclic) bond motifs is 1. The Morgan fingerprint density at radius 3 is 2.45 bits per heavy atom. The van der Waals surface area contributed by atoms with E-state index in [-0.39, 0.29) is 35.7 Å². The Kier molecular flexibility index (Phi) is 13.1. The van der Waals surface area contributed by atoms with E-state index in [9.17, 15) is 53.1 Å². The number of hydrogen-bond donors (Lipinski definition) is 10. The topological polar surface area (TPSA) is 334 Å². The smallest absolute Gasteiger partial charge is 0.397 e. The third-order valence-electron chi connectivity index (χ3n) is 6.31. The average Bonchev–Trinajstić information content (AvgIpc) is 3.50. The van der Waals surface area contributed by atoms with Gasteiger partial charge in [-0.1, -0.05) is 13.8 Å². The van der Waals surface area contributed by atoms with Crippen LogP contribution in [0.4, 0.5) is 5.69 Å². The van der Waals surface area contributed by atoms with E-state index in [0.29, 0.717) is 12.3 Å². The fourth-order valence-electron chi connectivity index (χ4n) is 4.01. The monoisotopic (exact) mass is 752 g/mol. The molecule has 0 aliphatic carbocycles. The Hall–Kier alpha value is -2.04. The molecule has 1 aliphatic rings. The summed E-state index contributed by atoms with van der Waals surface area (Å²) in [6, 6.07) is 1.41. The molecule has 7 atom stereocenters. The zero-order valence-corrected chi connectivity index (χ0v) is 28.2. The number of nitrogens with zero attached hydrogens (tertiary/aromatic N) is 3. The number of amides is 2. The van der Waals surface area contributed by atoms with Crippen molar-refractivity contribution in [1.29, 1.82) is 0 Å². The van der Waals surface area contributed by atoms with Crippen molar-refractivity contribution < 1.29 is 75.7 Å². The number of anilines is 1. The minimum absolute atomic E-state index is 0.0227. The van der Waals surface area contributed by atoms with Crippen LogP contribution in [-0.2, 0) is 45.9 Å². The zero-order valence-electron chi connectivity index (χ0n) is 24.6. The van der Waals surface area contributed by atoms with E-state index in [4.69, 9.17) is 19.5 Å². The quantitative estimate of drug-likeness (QED) is 0.0677. The van der Waals surface area contributed by atoms with Gasteiger partial charge in [0.2, 0.25) is 18.1 Å². The molecule has 1 aliphatic heterocycles. The van der Waals surface area contributed by atoms with Crippen LogP contribution in [0.15, 0.2) is 18.6 Å². The van der Waals surface area contributed by atoms with Gasteiger partial charge in [-0.3, -0.25) is 27.7 Å². The second kappa shape index (κ2) is 15.7. The van der Waals surface area contributed by atoms with Gasteiger partial charge in [0.1, 0.15) is 17.7 Å². The first-order chi connectivity index (χ1) is 21.7. The maximum atomic E-state index is 12.7. The molecule has 3 unspecified atom stereocenters. The molecule has 1 fully saturated rings. The fourth-order valence-corrected chi connectivity index (χ4v) is 6.98. The van der Waals surface area contributed by atoms with Crippen molar-refractivity contribution in [3.05, 3.63) is 18.6 Å². The minimum Gasteiger partial charge on any atom is -0.397 e. The fraction of sp³-hybridized carbons (Fsp3) is 0.619. The van der Waals surface area contributed by atoms with Gasteiger partial charge < -0.3 is 50.9 Å². The van der Waals surface area contributed by atoms with Crippen LogP contribution in [0.2, 0.25) is 0 Å². The van der Waals surface area contributed by atoms with Crippen LogP contribution in [0.25, 0.3) is 11.2 Å². The van der Waals surface area contributed by atoms with Crippen molar-refractivity contribution in [3.8, 4) is 0 Å². The lowest BCUT2D eigenvalue weighted by molar-refractivity contribution is -0.137. The van der Waals surface area contributed by atoms with Crippen molar-refractivity contribution in [2.45, 2.75) is 51.1 Å². The van der Waals surface area contributed by atoms with Crippen molar-refractivity contribution in [3.63, 3.8) is 0 Å². The first-order valence-corrected chi connectivity index (χ1v) is 18.5. The highest BCUT2D eigenvalue weighted by atomic mass is 32.1. The average molecular weight is 753 g/mol. The Bertz CT molecular complexity index is 1570. The van der Waals surface area contributed by atoms with E-state index in [1.807, 2.05) is 0 Å². The Balaban J connectivity index is 1.66. The summed E-state index contributed by atoms with van der Waals surface area (Å²) < 4.78 is 61.6. The van der Waals surface area contributed by atoms with Gasteiger partial charge in [-0.05, 0) is 6.07 Å². The lowest BCUT2D eigenvalue weighted by Crippen LogP contribution is -2.46. The van der Waals surface area contributed by atoms with Crippen LogP contribution < -0.4 is 16.4 Å². The lowest BCUT2D eigenvalue weighted by atomic mass is 9.87. The molecule has 0 radical (unpaired) electrons. The highest BCUT2D eigenvalue weighted by Crippen LogP contribution is 2.62. The summed E-state index contributed by atoms with van der Waals surface area (Å²) in [6.07, 6.45) is -7.80. The van der Waals surface area contributed by atoms with Gasteiger partial charge in [-0.2, -0.15) is 16.9 Å². The summed E-state index contributed by atoms with van der Waals surface area (Å²) in [7, 11) is -16.7. The Morgan fingerprint density at radius 1 is 1.13 bits per heavy atom. The van der Waals surface area contributed by atoms with Gasteiger partial charge in [-0.25, -0.2) is 23.7 Å². The summed E-state index contributed by atoms with van der Waals surface area (Å²) in [5.74, 6) is -0.935. The molecule has 0 aromatic carbocycles. The summed E-state index contributed by atoms with van der Waals surface area (Å²) in [4.78, 5) is 71.1. The number of carbonyl (C=O) groups excluding carboxylic acids is 2. The second-order valence-corrected chi connectivity index (χ2v) is 15.2. The third-order valence-corrected chi connectivity index (χ3v) is 9.63. The maximum absolute atomic E-state index is 12.7. The zero-order chi connectivity index (χ0) is 35.4. The van der Waals surface area contributed by atoms with Crippen LogP contribution >= 0.6 is 36.1 Å². The molecule has 0 spiro atoms. The van der Waals surface area contributed by atoms with Crippen LogP contribution in [0.3, 0.4) is 0 Å². The van der Waals surface area contributed by atoms with E-state index in [1.54, 1.807) is 0 Å². The number of pyridine rings is 1. The number of imidazole rings is 1. The van der Waals surface area contributed by atoms with Crippen molar-refractivity contribution in [2.75, 3.05) is 31.2 Å². The Morgan fingerprint density at radius 2 is 1.81 bits per heavy atom. The summed E-state index contributed by atoms with van der Waals surface area (Å²) in [5.41, 5.74) is 4.57. The number of nitrogen functional groups attached to an aromatic ring is 1. The van der Waals surface area contributed by atoms with Gasteiger partial charge >= 0.3 is 23.5 Å². The molecule has 22 nitrogen and oxygen atoms in total. The number of hydrogen-bond acceptors (Lipinski definition) is 16. The van der Waals surface area contributed by atoms with E-state index in [1.165, 1.54) is 26.1 Å². The van der Waals surface area contributed by atoms with E-state index in [0.717, 1.165) is 10.9 Å². The minimum atomic E-state index is -5.76. The highest BCUT2D eigenvalue weighted by molar-refractivity contribution is 7.80. The molecule has 3 rings (SSSR count).